The van der Waals surface area contributed by atoms with Gasteiger partial charge in [0.15, 0.2) is 0 Å². The van der Waals surface area contributed by atoms with Crippen molar-refractivity contribution in [1.29, 1.82) is 0 Å². The summed E-state index contributed by atoms with van der Waals surface area (Å²) >= 11 is 0. The summed E-state index contributed by atoms with van der Waals surface area (Å²) in [5.74, 6) is 0.732. The molecule has 0 bridgehead atoms. The molecule has 0 aromatic carbocycles. The van der Waals surface area contributed by atoms with Crippen LogP contribution in [0.5, 0.6) is 11.5 Å². The number of pyridine rings is 2. The van der Waals surface area contributed by atoms with Gasteiger partial charge in [0.25, 0.3) is 0 Å². The molecule has 0 spiro atoms. The van der Waals surface area contributed by atoms with Crippen molar-refractivity contribution in [2.24, 2.45) is 0 Å². The Morgan fingerprint density at radius 3 is 3.00 bits per heavy atom. The highest BCUT2D eigenvalue weighted by Crippen LogP contribution is 2.22. The quantitative estimate of drug-likeness (QED) is 0.788. The third-order valence-electron chi connectivity index (χ3n) is 2.09. The van der Waals surface area contributed by atoms with E-state index in [0.29, 0.717) is 30.0 Å². The van der Waals surface area contributed by atoms with Crippen molar-refractivity contribution in [2.45, 2.75) is 0 Å². The molecule has 0 atom stereocenters. The lowest BCUT2D eigenvalue weighted by Gasteiger charge is -2.05. The van der Waals surface area contributed by atoms with Gasteiger partial charge in [-0.1, -0.05) is 0 Å². The predicted molar refractivity (Wildman–Crippen MR) is 58.6 cm³/mol. The molecular formula is C11H12N2O3. The van der Waals surface area contributed by atoms with E-state index >= 15 is 0 Å². The van der Waals surface area contributed by atoms with Crippen LogP contribution in [0.15, 0.2) is 24.5 Å². The summed E-state index contributed by atoms with van der Waals surface area (Å²) in [6, 6.07) is 3.23. The predicted octanol–water partition coefficient (Wildman–Crippen LogP) is 1.36. The first-order chi connectivity index (χ1) is 7.81. The molecule has 0 fully saturated rings. The molecule has 0 aliphatic heterocycles. The van der Waals surface area contributed by atoms with Gasteiger partial charge in [-0.25, -0.2) is 4.98 Å². The minimum absolute atomic E-state index is 0.119. The van der Waals surface area contributed by atoms with Gasteiger partial charge in [-0.15, -0.1) is 0 Å². The second-order valence-electron chi connectivity index (χ2n) is 3.21. The lowest BCUT2D eigenvalue weighted by molar-refractivity contribution is 0.146. The van der Waals surface area contributed by atoms with E-state index in [1.165, 1.54) is 12.3 Å². The zero-order chi connectivity index (χ0) is 11.4. The Balaban J connectivity index is 2.23. The van der Waals surface area contributed by atoms with Gasteiger partial charge in [-0.3, -0.25) is 4.98 Å². The van der Waals surface area contributed by atoms with Crippen LogP contribution in [0.2, 0.25) is 0 Å². The number of methoxy groups -OCH3 is 1. The third kappa shape index (κ3) is 2.20. The first kappa shape index (κ1) is 10.6. The smallest absolute Gasteiger partial charge is 0.144 e. The number of hydrogen-bond acceptors (Lipinski definition) is 5. The molecule has 0 aliphatic carbocycles. The first-order valence-corrected chi connectivity index (χ1v) is 4.86. The molecule has 1 N–H and O–H groups in total. The van der Waals surface area contributed by atoms with Crippen molar-refractivity contribution in [3.05, 3.63) is 24.5 Å². The van der Waals surface area contributed by atoms with Crippen LogP contribution in [0, 0.1) is 0 Å². The second-order valence-corrected chi connectivity index (χ2v) is 3.21. The Kier molecular flexibility index (Phi) is 3.16. The SMILES string of the molecule is COCCOc1cnc2c(O)ccnc2c1. The summed E-state index contributed by atoms with van der Waals surface area (Å²) in [5.41, 5.74) is 1.08. The van der Waals surface area contributed by atoms with Crippen LogP contribution in [0.1, 0.15) is 0 Å². The maximum Gasteiger partial charge on any atom is 0.144 e. The van der Waals surface area contributed by atoms with E-state index in [1.54, 1.807) is 19.4 Å². The molecule has 2 rings (SSSR count). The van der Waals surface area contributed by atoms with E-state index in [4.69, 9.17) is 9.47 Å². The zero-order valence-electron chi connectivity index (χ0n) is 8.88. The lowest BCUT2D eigenvalue weighted by atomic mass is 10.3. The number of nitrogens with zero attached hydrogens (tertiary/aromatic N) is 2. The van der Waals surface area contributed by atoms with Gasteiger partial charge in [0.1, 0.15) is 23.6 Å². The number of aromatic hydroxyl groups is 1. The lowest BCUT2D eigenvalue weighted by Crippen LogP contribution is -2.04. The Bertz CT molecular complexity index is 488. The van der Waals surface area contributed by atoms with Crippen LogP contribution < -0.4 is 4.74 Å². The van der Waals surface area contributed by atoms with Crippen LogP contribution in [-0.4, -0.2) is 35.4 Å². The van der Waals surface area contributed by atoms with Crippen LogP contribution in [0.25, 0.3) is 11.0 Å². The van der Waals surface area contributed by atoms with E-state index in [0.717, 1.165) is 0 Å². The van der Waals surface area contributed by atoms with Crippen LogP contribution >= 0.6 is 0 Å². The first-order valence-electron chi connectivity index (χ1n) is 4.86. The molecule has 2 heterocycles. The average molecular weight is 220 g/mol. The van der Waals surface area contributed by atoms with Gasteiger partial charge in [0.05, 0.1) is 18.3 Å². The molecule has 0 saturated heterocycles. The van der Waals surface area contributed by atoms with Gasteiger partial charge in [-0.2, -0.15) is 0 Å². The Hall–Kier alpha value is -1.88. The largest absolute Gasteiger partial charge is 0.506 e. The highest BCUT2D eigenvalue weighted by atomic mass is 16.5. The van der Waals surface area contributed by atoms with Crippen molar-refractivity contribution in [3.63, 3.8) is 0 Å². The van der Waals surface area contributed by atoms with E-state index in [2.05, 4.69) is 9.97 Å². The molecule has 5 heteroatoms. The monoisotopic (exact) mass is 220 g/mol. The van der Waals surface area contributed by atoms with Crippen molar-refractivity contribution < 1.29 is 14.6 Å². The van der Waals surface area contributed by atoms with Gasteiger partial charge < -0.3 is 14.6 Å². The fraction of sp³-hybridized carbons (Fsp3) is 0.273. The van der Waals surface area contributed by atoms with E-state index in [-0.39, 0.29) is 5.75 Å². The molecule has 5 nitrogen and oxygen atoms in total. The minimum Gasteiger partial charge on any atom is -0.506 e. The van der Waals surface area contributed by atoms with Crippen molar-refractivity contribution in [2.75, 3.05) is 20.3 Å². The van der Waals surface area contributed by atoms with Crippen molar-refractivity contribution >= 4 is 11.0 Å². The topological polar surface area (TPSA) is 64.5 Å². The Morgan fingerprint density at radius 2 is 2.19 bits per heavy atom. The van der Waals surface area contributed by atoms with Gasteiger partial charge >= 0.3 is 0 Å². The summed E-state index contributed by atoms with van der Waals surface area (Å²) < 4.78 is 10.3. The highest BCUT2D eigenvalue weighted by molar-refractivity contribution is 5.80. The van der Waals surface area contributed by atoms with E-state index in [1.807, 2.05) is 0 Å². The molecule has 16 heavy (non-hydrogen) atoms. The fourth-order valence-electron chi connectivity index (χ4n) is 1.32. The summed E-state index contributed by atoms with van der Waals surface area (Å²) in [6.45, 7) is 0.980. The number of hydrogen-bond donors (Lipinski definition) is 1. The molecule has 0 unspecified atom stereocenters. The van der Waals surface area contributed by atoms with Crippen molar-refractivity contribution in [1.82, 2.24) is 9.97 Å². The van der Waals surface area contributed by atoms with E-state index < -0.39 is 0 Å². The molecule has 0 saturated carbocycles. The molecule has 0 aliphatic rings. The summed E-state index contributed by atoms with van der Waals surface area (Å²) in [5, 5.41) is 9.51. The fourth-order valence-corrected chi connectivity index (χ4v) is 1.32. The molecule has 2 aromatic rings. The van der Waals surface area contributed by atoms with E-state index in [9.17, 15) is 5.11 Å². The normalized spacial score (nSPS) is 10.6. The molecule has 84 valence electrons. The van der Waals surface area contributed by atoms with Gasteiger partial charge in [0.2, 0.25) is 0 Å². The van der Waals surface area contributed by atoms with Gasteiger partial charge in [-0.05, 0) is 0 Å². The number of ether oxygens (including phenoxy) is 2. The van der Waals surface area contributed by atoms with Crippen LogP contribution in [0.4, 0.5) is 0 Å². The molecule has 0 radical (unpaired) electrons. The Labute approximate surface area is 92.7 Å². The summed E-state index contributed by atoms with van der Waals surface area (Å²) in [4.78, 5) is 8.18. The third-order valence-corrected chi connectivity index (χ3v) is 2.09. The maximum atomic E-state index is 9.51. The summed E-state index contributed by atoms with van der Waals surface area (Å²) in [7, 11) is 1.61. The standard InChI is InChI=1S/C11H12N2O3/c1-15-4-5-16-8-6-9-11(13-7-8)10(14)2-3-12-9/h2-3,6-7H,4-5H2,1H3,(H,12,14). The number of rotatable bonds is 4. The average Bonchev–Trinajstić information content (AvgIpc) is 2.30. The Morgan fingerprint density at radius 1 is 1.31 bits per heavy atom. The number of fused-ring (bicyclic) bond motifs is 1. The van der Waals surface area contributed by atoms with Gasteiger partial charge in [0, 0.05) is 25.4 Å². The van der Waals surface area contributed by atoms with Crippen LogP contribution in [-0.2, 0) is 4.74 Å². The second kappa shape index (κ2) is 4.76. The number of aromatic nitrogens is 2. The molecule has 2 aromatic heterocycles. The molecular weight excluding hydrogens is 208 g/mol. The maximum absolute atomic E-state index is 9.51. The zero-order valence-corrected chi connectivity index (χ0v) is 8.88. The molecule has 0 amide bonds. The summed E-state index contributed by atoms with van der Waals surface area (Å²) in [6.07, 6.45) is 3.08. The highest BCUT2D eigenvalue weighted by Gasteiger charge is 2.03. The van der Waals surface area contributed by atoms with Crippen molar-refractivity contribution in [3.8, 4) is 11.5 Å². The minimum atomic E-state index is 0.119. The van der Waals surface area contributed by atoms with Crippen LogP contribution in [0.3, 0.4) is 0 Å².